The summed E-state index contributed by atoms with van der Waals surface area (Å²) < 4.78 is 5.26. The molecule has 6 nitrogen and oxygen atoms in total. The first-order valence-electron chi connectivity index (χ1n) is 9.30. The Morgan fingerprint density at radius 2 is 2.08 bits per heavy atom. The molecule has 0 bridgehead atoms. The van der Waals surface area contributed by atoms with Crippen LogP contribution in [0.25, 0.3) is 11.0 Å². The lowest BCUT2D eigenvalue weighted by atomic mass is 10.1. The predicted molar refractivity (Wildman–Crippen MR) is 100 cm³/mol. The van der Waals surface area contributed by atoms with Crippen LogP contribution in [-0.4, -0.2) is 35.5 Å². The molecule has 0 spiro atoms. The first-order valence-corrected chi connectivity index (χ1v) is 9.30. The van der Waals surface area contributed by atoms with Crippen molar-refractivity contribution < 1.29 is 14.3 Å². The number of phenols is 1. The quantitative estimate of drug-likeness (QED) is 0.613. The molecule has 2 N–H and O–H groups in total. The van der Waals surface area contributed by atoms with Gasteiger partial charge in [0, 0.05) is 43.1 Å². The van der Waals surface area contributed by atoms with Crippen LogP contribution in [0.4, 0.5) is 0 Å². The van der Waals surface area contributed by atoms with Crippen molar-refractivity contribution >= 4 is 16.9 Å². The first-order chi connectivity index (χ1) is 12.6. The smallest absolute Gasteiger partial charge is 0.336 e. The molecule has 0 atom stereocenters. The summed E-state index contributed by atoms with van der Waals surface area (Å²) in [7, 11) is 0. The van der Waals surface area contributed by atoms with Gasteiger partial charge in [-0.25, -0.2) is 4.79 Å². The van der Waals surface area contributed by atoms with Gasteiger partial charge in [-0.15, -0.1) is 0 Å². The maximum atomic E-state index is 12.0. The molecule has 2 heterocycles. The molecule has 1 aliphatic heterocycles. The number of fused-ring (bicyclic) bond motifs is 1. The normalized spacial score (nSPS) is 15.4. The maximum absolute atomic E-state index is 12.0. The van der Waals surface area contributed by atoms with E-state index in [1.165, 1.54) is 6.07 Å². The summed E-state index contributed by atoms with van der Waals surface area (Å²) in [6.07, 6.45) is 4.79. The van der Waals surface area contributed by atoms with Crippen LogP contribution in [0.2, 0.25) is 0 Å². The van der Waals surface area contributed by atoms with E-state index in [9.17, 15) is 14.7 Å². The number of carbonyl (C=O) groups excluding carboxylic acids is 1. The van der Waals surface area contributed by atoms with Gasteiger partial charge in [-0.3, -0.25) is 4.79 Å². The molecule has 1 saturated heterocycles. The van der Waals surface area contributed by atoms with Gasteiger partial charge in [0.25, 0.3) is 0 Å². The number of nitrogens with zero attached hydrogens (tertiary/aromatic N) is 1. The summed E-state index contributed by atoms with van der Waals surface area (Å²) in [5, 5.41) is 14.0. The van der Waals surface area contributed by atoms with Gasteiger partial charge in [-0.1, -0.05) is 6.42 Å². The fourth-order valence-corrected chi connectivity index (χ4v) is 3.45. The Morgan fingerprint density at radius 1 is 1.23 bits per heavy atom. The Labute approximate surface area is 152 Å². The first kappa shape index (κ1) is 18.5. The van der Waals surface area contributed by atoms with Crippen molar-refractivity contribution in [2.24, 2.45) is 0 Å². The summed E-state index contributed by atoms with van der Waals surface area (Å²) >= 11 is 0. The summed E-state index contributed by atoms with van der Waals surface area (Å²) in [6, 6.07) is 4.88. The molecule has 0 aliphatic carbocycles. The molecule has 0 unspecified atom stereocenters. The van der Waals surface area contributed by atoms with Gasteiger partial charge in [0.15, 0.2) is 0 Å². The molecule has 0 saturated carbocycles. The Balaban J connectivity index is 1.57. The molecular weight excluding hydrogens is 332 g/mol. The molecule has 2 aromatic rings. The second-order valence-electron chi connectivity index (χ2n) is 6.90. The number of likely N-dealkylation sites (tertiary alicyclic amines) is 1. The van der Waals surface area contributed by atoms with Crippen LogP contribution in [0.15, 0.2) is 27.4 Å². The van der Waals surface area contributed by atoms with Crippen LogP contribution in [0.5, 0.6) is 5.75 Å². The number of hydrogen-bond acceptors (Lipinski definition) is 5. The molecule has 1 aromatic heterocycles. The van der Waals surface area contributed by atoms with Crippen LogP contribution >= 0.6 is 0 Å². The van der Waals surface area contributed by atoms with Gasteiger partial charge >= 0.3 is 5.63 Å². The standard InChI is InChI=1S/C20H26N2O4/c1-14-17(23)8-7-16-15(12-19(25)26-20(14)16)13-21-9-5-11-22-10-4-2-3-6-18(22)24/h7-8,12,21,23H,2-6,9-11,13H2,1H3. The fraction of sp³-hybridized carbons (Fsp3) is 0.500. The van der Waals surface area contributed by atoms with Crippen molar-refractivity contribution in [1.29, 1.82) is 0 Å². The highest BCUT2D eigenvalue weighted by molar-refractivity contribution is 5.84. The third-order valence-corrected chi connectivity index (χ3v) is 4.99. The summed E-state index contributed by atoms with van der Waals surface area (Å²) in [6.45, 7) is 4.68. The van der Waals surface area contributed by atoms with Gasteiger partial charge in [-0.05, 0) is 50.4 Å². The van der Waals surface area contributed by atoms with Crippen molar-refractivity contribution in [2.45, 2.75) is 45.6 Å². The molecule has 26 heavy (non-hydrogen) atoms. The predicted octanol–water partition coefficient (Wildman–Crippen LogP) is 2.69. The second-order valence-corrected chi connectivity index (χ2v) is 6.90. The number of hydrogen-bond donors (Lipinski definition) is 2. The summed E-state index contributed by atoms with van der Waals surface area (Å²) in [5.74, 6) is 0.386. The van der Waals surface area contributed by atoms with Crippen molar-refractivity contribution in [3.63, 3.8) is 0 Å². The number of rotatable bonds is 6. The zero-order valence-electron chi connectivity index (χ0n) is 15.2. The lowest BCUT2D eigenvalue weighted by Crippen LogP contribution is -2.32. The zero-order chi connectivity index (χ0) is 18.5. The van der Waals surface area contributed by atoms with E-state index < -0.39 is 5.63 Å². The van der Waals surface area contributed by atoms with Crippen LogP contribution in [-0.2, 0) is 11.3 Å². The maximum Gasteiger partial charge on any atom is 0.336 e. The fourth-order valence-electron chi connectivity index (χ4n) is 3.45. The van der Waals surface area contributed by atoms with E-state index in [1.807, 2.05) is 4.90 Å². The average Bonchev–Trinajstić information content (AvgIpc) is 2.82. The van der Waals surface area contributed by atoms with E-state index in [-0.39, 0.29) is 11.7 Å². The molecule has 1 aromatic carbocycles. The molecule has 1 amide bonds. The van der Waals surface area contributed by atoms with Gasteiger partial charge in [-0.2, -0.15) is 0 Å². The zero-order valence-corrected chi connectivity index (χ0v) is 15.2. The molecule has 140 valence electrons. The monoisotopic (exact) mass is 358 g/mol. The van der Waals surface area contributed by atoms with Crippen molar-refractivity contribution in [3.05, 3.63) is 39.7 Å². The highest BCUT2D eigenvalue weighted by atomic mass is 16.4. The minimum atomic E-state index is -0.418. The molecule has 3 rings (SSSR count). The van der Waals surface area contributed by atoms with Gasteiger partial charge in [0.05, 0.1) is 0 Å². The lowest BCUT2D eigenvalue weighted by Gasteiger charge is -2.20. The summed E-state index contributed by atoms with van der Waals surface area (Å²) in [5.41, 5.74) is 1.44. The van der Waals surface area contributed by atoms with Crippen LogP contribution in [0.3, 0.4) is 0 Å². The molecule has 1 aliphatic rings. The number of benzene rings is 1. The van der Waals surface area contributed by atoms with Gasteiger partial charge in [0.1, 0.15) is 11.3 Å². The Hall–Kier alpha value is -2.34. The van der Waals surface area contributed by atoms with E-state index in [0.717, 1.165) is 56.3 Å². The molecule has 6 heteroatoms. The van der Waals surface area contributed by atoms with Crippen LogP contribution in [0.1, 0.15) is 43.2 Å². The SMILES string of the molecule is Cc1c(O)ccc2c(CNCCCN3CCCCCC3=O)cc(=O)oc12. The Bertz CT molecular complexity index is 844. The summed E-state index contributed by atoms with van der Waals surface area (Å²) in [4.78, 5) is 25.8. The number of phenolic OH excluding ortho intramolecular Hbond substituents is 1. The van der Waals surface area contributed by atoms with Crippen molar-refractivity contribution in [1.82, 2.24) is 10.2 Å². The number of carbonyl (C=O) groups is 1. The average molecular weight is 358 g/mol. The minimum absolute atomic E-state index is 0.118. The van der Waals surface area contributed by atoms with E-state index in [1.54, 1.807) is 19.1 Å². The largest absolute Gasteiger partial charge is 0.508 e. The molecule has 1 fully saturated rings. The third-order valence-electron chi connectivity index (χ3n) is 4.99. The number of aromatic hydroxyl groups is 1. The number of amides is 1. The van der Waals surface area contributed by atoms with Gasteiger partial charge < -0.3 is 19.7 Å². The van der Waals surface area contributed by atoms with Crippen molar-refractivity contribution in [3.8, 4) is 5.75 Å². The molecular formula is C20H26N2O4. The number of aryl methyl sites for hydroxylation is 1. The topological polar surface area (TPSA) is 82.8 Å². The molecule has 0 radical (unpaired) electrons. The van der Waals surface area contributed by atoms with Gasteiger partial charge in [0.2, 0.25) is 5.91 Å². The van der Waals surface area contributed by atoms with Crippen LogP contribution in [0, 0.1) is 6.92 Å². The lowest BCUT2D eigenvalue weighted by molar-refractivity contribution is -0.130. The van der Waals surface area contributed by atoms with E-state index >= 15 is 0 Å². The minimum Gasteiger partial charge on any atom is -0.508 e. The van der Waals surface area contributed by atoms with E-state index in [2.05, 4.69) is 5.32 Å². The highest BCUT2D eigenvalue weighted by Crippen LogP contribution is 2.27. The van der Waals surface area contributed by atoms with E-state index in [4.69, 9.17) is 4.42 Å². The van der Waals surface area contributed by atoms with Crippen molar-refractivity contribution in [2.75, 3.05) is 19.6 Å². The van der Waals surface area contributed by atoms with Crippen LogP contribution < -0.4 is 10.9 Å². The highest BCUT2D eigenvalue weighted by Gasteiger charge is 2.15. The Kier molecular flexibility index (Phi) is 5.93. The van der Waals surface area contributed by atoms with E-state index in [0.29, 0.717) is 24.1 Å². The number of nitrogens with one attached hydrogen (secondary N) is 1. The Morgan fingerprint density at radius 3 is 2.92 bits per heavy atom. The third kappa shape index (κ3) is 4.25. The second kappa shape index (κ2) is 8.36.